The lowest BCUT2D eigenvalue weighted by Crippen LogP contribution is -2.36. The van der Waals surface area contributed by atoms with Crippen molar-refractivity contribution in [3.05, 3.63) is 29.6 Å². The molecule has 2 saturated carbocycles. The van der Waals surface area contributed by atoms with Crippen LogP contribution in [0.2, 0.25) is 0 Å². The Balaban J connectivity index is 1.56. The van der Waals surface area contributed by atoms with Gasteiger partial charge in [0.2, 0.25) is 0 Å². The highest BCUT2D eigenvalue weighted by atomic mass is 14.9. The highest BCUT2D eigenvalue weighted by Gasteiger charge is 2.41. The van der Waals surface area contributed by atoms with E-state index in [0.717, 1.165) is 24.3 Å². The second-order valence-corrected chi connectivity index (χ2v) is 6.31. The van der Waals surface area contributed by atoms with Gasteiger partial charge in [0.15, 0.2) is 0 Å². The van der Waals surface area contributed by atoms with Gasteiger partial charge in [0.05, 0.1) is 0 Å². The minimum Gasteiger partial charge on any atom is -0.310 e. The van der Waals surface area contributed by atoms with E-state index in [4.69, 9.17) is 0 Å². The molecule has 0 aromatic carbocycles. The predicted octanol–water partition coefficient (Wildman–Crippen LogP) is 3.30. The molecule has 3 rings (SSSR count). The predicted molar refractivity (Wildman–Crippen MR) is 74.2 cm³/mol. The van der Waals surface area contributed by atoms with Crippen molar-refractivity contribution in [2.24, 2.45) is 17.8 Å². The van der Waals surface area contributed by atoms with Crippen molar-refractivity contribution in [1.29, 1.82) is 0 Å². The zero-order valence-corrected chi connectivity index (χ0v) is 11.5. The molecule has 2 bridgehead atoms. The van der Waals surface area contributed by atoms with Gasteiger partial charge in [0.1, 0.15) is 0 Å². The standard InChI is InChI=1S/C16H24N2/c1-11-5-6-17-9-15(11)10-18-12(2)16-8-13-3-4-14(16)7-13/h5-6,9,12-14,16,18H,3-4,7-8,10H2,1-2H3. The fourth-order valence-electron chi connectivity index (χ4n) is 4.01. The van der Waals surface area contributed by atoms with E-state index >= 15 is 0 Å². The fraction of sp³-hybridized carbons (Fsp3) is 0.688. The molecule has 4 unspecified atom stereocenters. The van der Waals surface area contributed by atoms with Crippen LogP contribution >= 0.6 is 0 Å². The smallest absolute Gasteiger partial charge is 0.0315 e. The van der Waals surface area contributed by atoms with E-state index in [2.05, 4.69) is 30.2 Å². The van der Waals surface area contributed by atoms with E-state index in [1.165, 1.54) is 36.8 Å². The van der Waals surface area contributed by atoms with Crippen molar-refractivity contribution in [3.63, 3.8) is 0 Å². The molecule has 2 heteroatoms. The molecule has 2 nitrogen and oxygen atoms in total. The second kappa shape index (κ2) is 5.00. The van der Waals surface area contributed by atoms with Crippen LogP contribution in [0.1, 0.15) is 43.7 Å². The third kappa shape index (κ3) is 2.31. The number of aromatic nitrogens is 1. The summed E-state index contributed by atoms with van der Waals surface area (Å²) in [6.07, 6.45) is 9.81. The van der Waals surface area contributed by atoms with Crippen LogP contribution in [0.5, 0.6) is 0 Å². The molecule has 1 aromatic rings. The van der Waals surface area contributed by atoms with Crippen molar-refractivity contribution >= 4 is 0 Å². The number of hydrogen-bond donors (Lipinski definition) is 1. The van der Waals surface area contributed by atoms with E-state index in [0.29, 0.717) is 6.04 Å². The van der Waals surface area contributed by atoms with Gasteiger partial charge in [-0.2, -0.15) is 0 Å². The van der Waals surface area contributed by atoms with Crippen LogP contribution in [0.3, 0.4) is 0 Å². The van der Waals surface area contributed by atoms with Crippen LogP contribution in [0.15, 0.2) is 18.5 Å². The Morgan fingerprint density at radius 2 is 2.28 bits per heavy atom. The van der Waals surface area contributed by atoms with Gasteiger partial charge in [-0.25, -0.2) is 0 Å². The van der Waals surface area contributed by atoms with Gasteiger partial charge in [-0.05, 0) is 68.1 Å². The highest BCUT2D eigenvalue weighted by molar-refractivity contribution is 5.21. The molecule has 1 aromatic heterocycles. The van der Waals surface area contributed by atoms with Gasteiger partial charge >= 0.3 is 0 Å². The maximum atomic E-state index is 4.22. The molecule has 0 saturated heterocycles. The van der Waals surface area contributed by atoms with Gasteiger partial charge in [-0.3, -0.25) is 4.98 Å². The first-order valence-electron chi connectivity index (χ1n) is 7.37. The largest absolute Gasteiger partial charge is 0.310 e. The molecule has 18 heavy (non-hydrogen) atoms. The summed E-state index contributed by atoms with van der Waals surface area (Å²) < 4.78 is 0. The SMILES string of the molecule is Cc1ccncc1CNC(C)C1CC2CCC1C2. The molecular weight excluding hydrogens is 220 g/mol. The maximum Gasteiger partial charge on any atom is 0.0315 e. The van der Waals surface area contributed by atoms with Crippen LogP contribution in [0, 0.1) is 24.7 Å². The minimum atomic E-state index is 0.653. The Labute approximate surface area is 110 Å². The summed E-state index contributed by atoms with van der Waals surface area (Å²) in [6, 6.07) is 2.75. The van der Waals surface area contributed by atoms with Crippen molar-refractivity contribution in [2.75, 3.05) is 0 Å². The van der Waals surface area contributed by atoms with Crippen LogP contribution in [0.4, 0.5) is 0 Å². The van der Waals surface area contributed by atoms with Gasteiger partial charge in [0.25, 0.3) is 0 Å². The Kier molecular flexibility index (Phi) is 3.38. The maximum absolute atomic E-state index is 4.22. The summed E-state index contributed by atoms with van der Waals surface area (Å²) in [7, 11) is 0. The quantitative estimate of drug-likeness (QED) is 0.879. The van der Waals surface area contributed by atoms with Gasteiger partial charge in [-0.1, -0.05) is 6.42 Å². The first-order chi connectivity index (χ1) is 8.74. The number of pyridine rings is 1. The number of hydrogen-bond acceptors (Lipinski definition) is 2. The third-order valence-electron chi connectivity index (χ3n) is 5.20. The molecule has 0 radical (unpaired) electrons. The van der Waals surface area contributed by atoms with Gasteiger partial charge in [0, 0.05) is 25.0 Å². The molecule has 0 aliphatic heterocycles. The van der Waals surface area contributed by atoms with E-state index < -0.39 is 0 Å². The first-order valence-corrected chi connectivity index (χ1v) is 7.37. The number of rotatable bonds is 4. The Hall–Kier alpha value is -0.890. The van der Waals surface area contributed by atoms with Crippen LogP contribution in [-0.4, -0.2) is 11.0 Å². The fourth-order valence-corrected chi connectivity index (χ4v) is 4.01. The van der Waals surface area contributed by atoms with Crippen molar-refractivity contribution in [3.8, 4) is 0 Å². The Morgan fingerprint density at radius 1 is 1.39 bits per heavy atom. The lowest BCUT2D eigenvalue weighted by Gasteiger charge is -2.28. The van der Waals surface area contributed by atoms with E-state index in [1.54, 1.807) is 0 Å². The molecule has 2 aliphatic rings. The zero-order valence-electron chi connectivity index (χ0n) is 11.5. The second-order valence-electron chi connectivity index (χ2n) is 6.31. The molecule has 0 spiro atoms. The number of fused-ring (bicyclic) bond motifs is 2. The molecule has 4 atom stereocenters. The van der Waals surface area contributed by atoms with Crippen molar-refractivity contribution < 1.29 is 0 Å². The van der Waals surface area contributed by atoms with E-state index in [9.17, 15) is 0 Å². The summed E-state index contributed by atoms with van der Waals surface area (Å²) >= 11 is 0. The lowest BCUT2D eigenvalue weighted by molar-refractivity contribution is 0.259. The molecule has 2 aliphatic carbocycles. The first kappa shape index (κ1) is 12.2. The molecule has 0 amide bonds. The molecule has 98 valence electrons. The zero-order chi connectivity index (χ0) is 12.5. The van der Waals surface area contributed by atoms with Gasteiger partial charge < -0.3 is 5.32 Å². The minimum absolute atomic E-state index is 0.653. The normalized spacial score (nSPS) is 31.8. The van der Waals surface area contributed by atoms with Crippen molar-refractivity contribution in [2.45, 2.75) is 52.1 Å². The summed E-state index contributed by atoms with van der Waals surface area (Å²) in [5.41, 5.74) is 2.69. The van der Waals surface area contributed by atoms with Crippen LogP contribution in [-0.2, 0) is 6.54 Å². The van der Waals surface area contributed by atoms with Crippen LogP contribution in [0.25, 0.3) is 0 Å². The molecular formula is C16H24N2. The molecule has 1 heterocycles. The average Bonchev–Trinajstić information content (AvgIpc) is 2.99. The Morgan fingerprint density at radius 3 is 2.94 bits per heavy atom. The third-order valence-corrected chi connectivity index (χ3v) is 5.20. The van der Waals surface area contributed by atoms with E-state index in [1.807, 2.05) is 12.4 Å². The van der Waals surface area contributed by atoms with Crippen LogP contribution < -0.4 is 5.32 Å². The number of nitrogens with zero attached hydrogens (tertiary/aromatic N) is 1. The van der Waals surface area contributed by atoms with Gasteiger partial charge in [-0.15, -0.1) is 0 Å². The lowest BCUT2D eigenvalue weighted by atomic mass is 9.84. The molecule has 2 fully saturated rings. The summed E-state index contributed by atoms with van der Waals surface area (Å²) in [5, 5.41) is 3.73. The topological polar surface area (TPSA) is 24.9 Å². The highest BCUT2D eigenvalue weighted by Crippen LogP contribution is 2.49. The van der Waals surface area contributed by atoms with Crippen molar-refractivity contribution in [1.82, 2.24) is 10.3 Å². The molecule has 1 N–H and O–H groups in total. The summed E-state index contributed by atoms with van der Waals surface area (Å²) in [6.45, 7) is 5.51. The summed E-state index contributed by atoms with van der Waals surface area (Å²) in [5.74, 6) is 2.97. The summed E-state index contributed by atoms with van der Waals surface area (Å²) in [4.78, 5) is 4.22. The monoisotopic (exact) mass is 244 g/mol. The number of nitrogens with one attached hydrogen (secondary N) is 1. The number of aryl methyl sites for hydroxylation is 1. The Bertz CT molecular complexity index is 415. The average molecular weight is 244 g/mol. The van der Waals surface area contributed by atoms with E-state index in [-0.39, 0.29) is 0 Å².